The van der Waals surface area contributed by atoms with Crippen molar-refractivity contribution in [3.05, 3.63) is 0 Å². The van der Waals surface area contributed by atoms with Crippen molar-refractivity contribution >= 4 is 41.7 Å². The molecule has 142 valence electrons. The van der Waals surface area contributed by atoms with Crippen molar-refractivity contribution in [2.24, 2.45) is 4.99 Å². The highest BCUT2D eigenvalue weighted by molar-refractivity contribution is 14.0. The molecule has 1 atom stereocenters. The second kappa shape index (κ2) is 12.6. The Hall–Kier alpha value is 0.230. The van der Waals surface area contributed by atoms with Crippen molar-refractivity contribution in [2.45, 2.75) is 25.8 Å². The molecule has 2 rings (SSSR count). The third-order valence-corrected chi connectivity index (χ3v) is 5.62. The minimum atomic E-state index is 0. The molecule has 0 saturated carbocycles. The van der Waals surface area contributed by atoms with Crippen LogP contribution in [-0.4, -0.2) is 87.1 Å². The van der Waals surface area contributed by atoms with Gasteiger partial charge in [0.25, 0.3) is 0 Å². The molecule has 24 heavy (non-hydrogen) atoms. The number of guanidine groups is 1. The van der Waals surface area contributed by atoms with E-state index in [1.807, 2.05) is 6.92 Å². The molecule has 0 aromatic carbocycles. The molecule has 0 aromatic heterocycles. The van der Waals surface area contributed by atoms with Crippen molar-refractivity contribution in [1.82, 2.24) is 15.5 Å². The largest absolute Gasteiger partial charge is 0.380 e. The van der Waals surface area contributed by atoms with Crippen LogP contribution in [0.2, 0.25) is 0 Å². The molecule has 2 fully saturated rings. The lowest BCUT2D eigenvalue weighted by Gasteiger charge is -2.42. The number of hydrogen-bond acceptors (Lipinski definition) is 5. The van der Waals surface area contributed by atoms with E-state index in [0.29, 0.717) is 6.61 Å². The molecular weight excluding hydrogens is 439 g/mol. The van der Waals surface area contributed by atoms with Crippen LogP contribution in [0.1, 0.15) is 20.3 Å². The topological polar surface area (TPSA) is 58.1 Å². The predicted octanol–water partition coefficient (Wildman–Crippen LogP) is 1.40. The molecule has 2 aliphatic heterocycles. The van der Waals surface area contributed by atoms with Crippen LogP contribution in [0, 0.1) is 0 Å². The van der Waals surface area contributed by atoms with E-state index in [1.165, 1.54) is 17.9 Å². The summed E-state index contributed by atoms with van der Waals surface area (Å²) >= 11 is 2.05. The van der Waals surface area contributed by atoms with E-state index in [-0.39, 0.29) is 29.5 Å². The van der Waals surface area contributed by atoms with Crippen LogP contribution in [-0.2, 0) is 9.47 Å². The van der Waals surface area contributed by atoms with Crippen LogP contribution in [0.4, 0.5) is 0 Å². The number of thioether (sulfide) groups is 1. The minimum absolute atomic E-state index is 0. The van der Waals surface area contributed by atoms with Crippen LogP contribution in [0.3, 0.4) is 0 Å². The first-order valence-corrected chi connectivity index (χ1v) is 9.96. The van der Waals surface area contributed by atoms with Gasteiger partial charge in [-0.25, -0.2) is 0 Å². The first-order valence-electron chi connectivity index (χ1n) is 8.81. The average Bonchev–Trinajstić information content (AvgIpc) is 3.07. The Morgan fingerprint density at radius 2 is 2.08 bits per heavy atom. The normalized spacial score (nSPS) is 25.3. The lowest BCUT2D eigenvalue weighted by Crippen LogP contribution is -2.56. The van der Waals surface area contributed by atoms with E-state index in [2.05, 4.69) is 34.2 Å². The smallest absolute Gasteiger partial charge is 0.191 e. The lowest BCUT2D eigenvalue weighted by molar-refractivity contribution is -0.0104. The molecular formula is C16H33IN4O2S. The Balaban J connectivity index is 0.00000288. The molecule has 0 aromatic rings. The zero-order chi connectivity index (χ0) is 16.4. The lowest BCUT2D eigenvalue weighted by atomic mass is 9.96. The molecule has 0 aliphatic carbocycles. The number of hydrogen-bond donors (Lipinski definition) is 2. The molecule has 2 N–H and O–H groups in total. The zero-order valence-corrected chi connectivity index (χ0v) is 18.2. The van der Waals surface area contributed by atoms with Gasteiger partial charge in [0.15, 0.2) is 5.96 Å². The van der Waals surface area contributed by atoms with Gasteiger partial charge < -0.3 is 20.1 Å². The van der Waals surface area contributed by atoms with Crippen molar-refractivity contribution < 1.29 is 9.47 Å². The van der Waals surface area contributed by atoms with Gasteiger partial charge in [-0.3, -0.25) is 9.89 Å². The first-order chi connectivity index (χ1) is 11.3. The van der Waals surface area contributed by atoms with Gasteiger partial charge in [0.2, 0.25) is 0 Å². The average molecular weight is 472 g/mol. The van der Waals surface area contributed by atoms with Crippen molar-refractivity contribution in [1.29, 1.82) is 0 Å². The molecule has 6 nitrogen and oxygen atoms in total. The van der Waals surface area contributed by atoms with Crippen molar-refractivity contribution in [2.75, 3.05) is 70.7 Å². The fraction of sp³-hybridized carbons (Fsp3) is 0.938. The van der Waals surface area contributed by atoms with Gasteiger partial charge in [0.05, 0.1) is 31.9 Å². The fourth-order valence-corrected chi connectivity index (χ4v) is 4.53. The molecule has 2 saturated heterocycles. The minimum Gasteiger partial charge on any atom is -0.380 e. The molecule has 0 amide bonds. The summed E-state index contributed by atoms with van der Waals surface area (Å²) in [6, 6.07) is 0. The number of aliphatic imine (C=N–C) groups is 1. The molecule has 0 bridgehead atoms. The molecule has 8 heteroatoms. The standard InChI is InChI=1S/C16H32N4O2S.HI/c1-3-17-15(18-6-9-21-4-2)19-13-16(5-12-23-14-16)20-7-10-22-11-8-20;/h3-14H2,1-2H3,(H2,17,18,19);1H. The number of nitrogens with zero attached hydrogens (tertiary/aromatic N) is 2. The SMILES string of the molecule is CCNC(=NCC1(N2CCOCC2)CCSC1)NCCOCC.I. The highest BCUT2D eigenvalue weighted by atomic mass is 127. The number of nitrogens with one attached hydrogen (secondary N) is 2. The second-order valence-corrected chi connectivity index (χ2v) is 7.05. The van der Waals surface area contributed by atoms with E-state index in [1.54, 1.807) is 0 Å². The molecule has 0 radical (unpaired) electrons. The van der Waals surface area contributed by atoms with Gasteiger partial charge in [-0.05, 0) is 26.0 Å². The molecule has 0 spiro atoms. The van der Waals surface area contributed by atoms with Crippen LogP contribution >= 0.6 is 35.7 Å². The summed E-state index contributed by atoms with van der Waals surface area (Å²) in [5.74, 6) is 3.31. The van der Waals surface area contributed by atoms with Gasteiger partial charge in [-0.2, -0.15) is 11.8 Å². The van der Waals surface area contributed by atoms with Gasteiger partial charge in [0.1, 0.15) is 0 Å². The molecule has 2 heterocycles. The van der Waals surface area contributed by atoms with Crippen LogP contribution in [0.5, 0.6) is 0 Å². The highest BCUT2D eigenvalue weighted by Gasteiger charge is 2.40. The van der Waals surface area contributed by atoms with Crippen molar-refractivity contribution in [3.63, 3.8) is 0 Å². The molecule has 1 unspecified atom stereocenters. The Labute approximate surface area is 167 Å². The third kappa shape index (κ3) is 6.86. The summed E-state index contributed by atoms with van der Waals surface area (Å²) in [4.78, 5) is 7.48. The number of rotatable bonds is 8. The summed E-state index contributed by atoms with van der Waals surface area (Å²) in [6.45, 7) is 11.9. The maximum absolute atomic E-state index is 5.52. The maximum Gasteiger partial charge on any atom is 0.191 e. The van der Waals surface area contributed by atoms with E-state index in [9.17, 15) is 0 Å². The summed E-state index contributed by atoms with van der Waals surface area (Å²) in [5, 5.41) is 6.70. The van der Waals surface area contributed by atoms with Gasteiger partial charge in [-0.1, -0.05) is 0 Å². The Morgan fingerprint density at radius 3 is 2.71 bits per heavy atom. The summed E-state index contributed by atoms with van der Waals surface area (Å²) in [7, 11) is 0. The number of ether oxygens (including phenoxy) is 2. The van der Waals surface area contributed by atoms with Crippen LogP contribution in [0.15, 0.2) is 4.99 Å². The Morgan fingerprint density at radius 1 is 1.29 bits per heavy atom. The highest BCUT2D eigenvalue weighted by Crippen LogP contribution is 2.34. The summed E-state index contributed by atoms with van der Waals surface area (Å²) in [5.41, 5.74) is 0.205. The Bertz CT molecular complexity index is 362. The maximum atomic E-state index is 5.52. The van der Waals surface area contributed by atoms with E-state index in [0.717, 1.165) is 58.5 Å². The number of morpholine rings is 1. The van der Waals surface area contributed by atoms with Gasteiger partial charge in [0, 0.05) is 38.5 Å². The third-order valence-electron chi connectivity index (χ3n) is 4.38. The quantitative estimate of drug-likeness (QED) is 0.241. The Kier molecular flexibility index (Phi) is 11.7. The van der Waals surface area contributed by atoms with Crippen LogP contribution in [0.25, 0.3) is 0 Å². The molecule has 2 aliphatic rings. The van der Waals surface area contributed by atoms with E-state index >= 15 is 0 Å². The summed E-state index contributed by atoms with van der Waals surface area (Å²) < 4.78 is 10.9. The predicted molar refractivity (Wildman–Crippen MR) is 113 cm³/mol. The monoisotopic (exact) mass is 472 g/mol. The number of halogens is 1. The van der Waals surface area contributed by atoms with E-state index < -0.39 is 0 Å². The van der Waals surface area contributed by atoms with E-state index in [4.69, 9.17) is 14.5 Å². The zero-order valence-electron chi connectivity index (χ0n) is 15.0. The summed E-state index contributed by atoms with van der Waals surface area (Å²) in [6.07, 6.45) is 1.22. The van der Waals surface area contributed by atoms with Gasteiger partial charge >= 0.3 is 0 Å². The first kappa shape index (κ1) is 22.3. The van der Waals surface area contributed by atoms with Crippen LogP contribution < -0.4 is 10.6 Å². The second-order valence-electron chi connectivity index (χ2n) is 5.95. The fourth-order valence-electron chi connectivity index (χ4n) is 3.06. The van der Waals surface area contributed by atoms with Gasteiger partial charge in [-0.15, -0.1) is 24.0 Å². The van der Waals surface area contributed by atoms with Crippen molar-refractivity contribution in [3.8, 4) is 0 Å².